The maximum Gasteiger partial charge on any atom is 0.338 e. The van der Waals surface area contributed by atoms with Gasteiger partial charge < -0.3 is 20.1 Å². The molecule has 144 valence electrons. The number of methoxy groups -OCH3 is 1. The van der Waals surface area contributed by atoms with Crippen LogP contribution in [-0.4, -0.2) is 34.9 Å². The van der Waals surface area contributed by atoms with Crippen LogP contribution in [0, 0.1) is 6.92 Å². The molecular formula is C20H21N5O3. The van der Waals surface area contributed by atoms with Crippen LogP contribution >= 0.6 is 0 Å². The van der Waals surface area contributed by atoms with Gasteiger partial charge in [-0.2, -0.15) is 10.1 Å². The zero-order valence-corrected chi connectivity index (χ0v) is 15.9. The van der Waals surface area contributed by atoms with E-state index in [1.54, 1.807) is 38.3 Å². The van der Waals surface area contributed by atoms with Crippen molar-refractivity contribution in [3.63, 3.8) is 0 Å². The molecule has 0 unspecified atom stereocenters. The molecule has 0 spiro atoms. The van der Waals surface area contributed by atoms with Gasteiger partial charge in [0.15, 0.2) is 5.82 Å². The van der Waals surface area contributed by atoms with Gasteiger partial charge in [0, 0.05) is 5.69 Å². The Morgan fingerprint density at radius 2 is 1.89 bits per heavy atom. The number of hydrogen-bond acceptors (Lipinski definition) is 8. The number of anilines is 4. The van der Waals surface area contributed by atoms with E-state index < -0.39 is 0 Å². The summed E-state index contributed by atoms with van der Waals surface area (Å²) in [5, 5.41) is 14.2. The Bertz CT molecular complexity index is 960. The minimum atomic E-state index is -0.351. The molecule has 3 rings (SSSR count). The third-order valence-corrected chi connectivity index (χ3v) is 3.83. The van der Waals surface area contributed by atoms with Crippen LogP contribution in [0.2, 0.25) is 0 Å². The molecule has 0 aliphatic heterocycles. The molecule has 28 heavy (non-hydrogen) atoms. The predicted molar refractivity (Wildman–Crippen MR) is 107 cm³/mol. The second-order valence-electron chi connectivity index (χ2n) is 5.92. The Kier molecular flexibility index (Phi) is 6.01. The Morgan fingerprint density at radius 1 is 1.11 bits per heavy atom. The van der Waals surface area contributed by atoms with Gasteiger partial charge in [0.25, 0.3) is 0 Å². The highest BCUT2D eigenvalue weighted by Gasteiger charge is 2.08. The molecule has 0 saturated heterocycles. The molecule has 1 aromatic heterocycles. The van der Waals surface area contributed by atoms with Gasteiger partial charge in [0.1, 0.15) is 5.75 Å². The monoisotopic (exact) mass is 379 g/mol. The first kappa shape index (κ1) is 19.1. The number of rotatable bonds is 7. The van der Waals surface area contributed by atoms with Crippen molar-refractivity contribution >= 4 is 29.1 Å². The molecule has 0 saturated carbocycles. The van der Waals surface area contributed by atoms with Gasteiger partial charge in [0.05, 0.1) is 31.2 Å². The third-order valence-electron chi connectivity index (χ3n) is 3.83. The molecule has 0 radical (unpaired) electrons. The number of nitrogens with one attached hydrogen (secondary N) is 2. The molecule has 2 N–H and O–H groups in total. The van der Waals surface area contributed by atoms with Crippen molar-refractivity contribution in [3.05, 3.63) is 59.8 Å². The number of hydrogen-bond donors (Lipinski definition) is 2. The second-order valence-corrected chi connectivity index (χ2v) is 5.92. The SMILES string of the molecule is CCOC(=O)c1ccc(Nc2cnnc(Nc3cc(C)ccc3OC)n2)cc1. The van der Waals surface area contributed by atoms with E-state index in [2.05, 4.69) is 25.8 Å². The summed E-state index contributed by atoms with van der Waals surface area (Å²) in [6.45, 7) is 4.10. The lowest BCUT2D eigenvalue weighted by atomic mass is 10.2. The second kappa shape index (κ2) is 8.81. The topological polar surface area (TPSA) is 98.3 Å². The first-order valence-electron chi connectivity index (χ1n) is 8.74. The number of carbonyl (C=O) groups excluding carboxylic acids is 1. The number of carbonyl (C=O) groups is 1. The van der Waals surface area contributed by atoms with Gasteiger partial charge in [-0.3, -0.25) is 0 Å². The summed E-state index contributed by atoms with van der Waals surface area (Å²) in [7, 11) is 1.60. The van der Waals surface area contributed by atoms with Crippen LogP contribution in [-0.2, 0) is 4.74 Å². The fraction of sp³-hybridized carbons (Fsp3) is 0.200. The summed E-state index contributed by atoms with van der Waals surface area (Å²) in [4.78, 5) is 16.1. The Hall–Kier alpha value is -3.68. The van der Waals surface area contributed by atoms with Crippen LogP contribution in [0.1, 0.15) is 22.8 Å². The number of esters is 1. The van der Waals surface area contributed by atoms with E-state index in [0.29, 0.717) is 29.7 Å². The van der Waals surface area contributed by atoms with Crippen LogP contribution in [0.4, 0.5) is 23.1 Å². The summed E-state index contributed by atoms with van der Waals surface area (Å²) in [6, 6.07) is 12.7. The quantitative estimate of drug-likeness (QED) is 0.597. The molecule has 3 aromatic rings. The lowest BCUT2D eigenvalue weighted by Gasteiger charge is -2.11. The normalized spacial score (nSPS) is 10.2. The highest BCUT2D eigenvalue weighted by molar-refractivity contribution is 5.89. The van der Waals surface area contributed by atoms with Crippen LogP contribution in [0.25, 0.3) is 0 Å². The van der Waals surface area contributed by atoms with Crippen molar-refractivity contribution in [2.24, 2.45) is 0 Å². The molecular weight excluding hydrogens is 358 g/mol. The molecule has 1 heterocycles. The minimum Gasteiger partial charge on any atom is -0.495 e. The number of aromatic nitrogens is 3. The summed E-state index contributed by atoms with van der Waals surface area (Å²) < 4.78 is 10.3. The maximum atomic E-state index is 11.7. The van der Waals surface area contributed by atoms with E-state index in [4.69, 9.17) is 9.47 Å². The van der Waals surface area contributed by atoms with Crippen LogP contribution in [0.5, 0.6) is 5.75 Å². The lowest BCUT2D eigenvalue weighted by Crippen LogP contribution is -2.05. The maximum absolute atomic E-state index is 11.7. The van der Waals surface area contributed by atoms with Crippen LogP contribution in [0.3, 0.4) is 0 Å². The lowest BCUT2D eigenvalue weighted by molar-refractivity contribution is 0.0526. The molecule has 0 amide bonds. The summed E-state index contributed by atoms with van der Waals surface area (Å²) in [5.41, 5.74) is 3.07. The minimum absolute atomic E-state index is 0.331. The standard InChI is InChI=1S/C20H21N5O3/c1-4-28-19(26)14-6-8-15(9-7-14)22-18-12-21-25-20(24-18)23-16-11-13(2)5-10-17(16)27-3/h5-12H,4H2,1-3H3,(H2,22,23,24,25). The number of benzene rings is 2. The Morgan fingerprint density at radius 3 is 2.61 bits per heavy atom. The van der Waals surface area contributed by atoms with E-state index in [9.17, 15) is 4.79 Å². The average molecular weight is 379 g/mol. The largest absolute Gasteiger partial charge is 0.495 e. The molecule has 0 aliphatic rings. The van der Waals surface area contributed by atoms with E-state index in [1.807, 2.05) is 25.1 Å². The van der Waals surface area contributed by atoms with E-state index >= 15 is 0 Å². The summed E-state index contributed by atoms with van der Waals surface area (Å²) in [6.07, 6.45) is 1.51. The molecule has 2 aromatic carbocycles. The van der Waals surface area contributed by atoms with Gasteiger partial charge in [-0.15, -0.1) is 5.10 Å². The Balaban J connectivity index is 1.73. The van der Waals surface area contributed by atoms with Crippen molar-refractivity contribution < 1.29 is 14.3 Å². The fourth-order valence-electron chi connectivity index (χ4n) is 2.51. The molecule has 0 bridgehead atoms. The number of aryl methyl sites for hydroxylation is 1. The smallest absolute Gasteiger partial charge is 0.338 e. The van der Waals surface area contributed by atoms with Crippen molar-refractivity contribution in [1.82, 2.24) is 15.2 Å². The van der Waals surface area contributed by atoms with E-state index in [1.165, 1.54) is 6.20 Å². The zero-order valence-electron chi connectivity index (χ0n) is 15.9. The molecule has 8 heteroatoms. The van der Waals surface area contributed by atoms with Crippen LogP contribution in [0.15, 0.2) is 48.7 Å². The van der Waals surface area contributed by atoms with Crippen molar-refractivity contribution in [2.75, 3.05) is 24.4 Å². The fourth-order valence-corrected chi connectivity index (χ4v) is 2.51. The van der Waals surface area contributed by atoms with Crippen molar-refractivity contribution in [3.8, 4) is 5.75 Å². The van der Waals surface area contributed by atoms with Gasteiger partial charge in [-0.25, -0.2) is 4.79 Å². The highest BCUT2D eigenvalue weighted by atomic mass is 16.5. The van der Waals surface area contributed by atoms with Gasteiger partial charge >= 0.3 is 5.97 Å². The van der Waals surface area contributed by atoms with E-state index in [0.717, 1.165) is 16.9 Å². The summed E-state index contributed by atoms with van der Waals surface area (Å²) in [5.74, 6) is 1.17. The van der Waals surface area contributed by atoms with Crippen molar-refractivity contribution in [2.45, 2.75) is 13.8 Å². The first-order valence-corrected chi connectivity index (χ1v) is 8.74. The molecule has 0 atom stereocenters. The third kappa shape index (κ3) is 4.73. The molecule has 0 aliphatic carbocycles. The van der Waals surface area contributed by atoms with Gasteiger partial charge in [-0.05, 0) is 55.8 Å². The predicted octanol–water partition coefficient (Wildman–Crippen LogP) is 3.85. The Labute approximate surface area is 162 Å². The molecule has 0 fully saturated rings. The van der Waals surface area contributed by atoms with E-state index in [-0.39, 0.29) is 5.97 Å². The zero-order chi connectivity index (χ0) is 19.9. The van der Waals surface area contributed by atoms with Crippen LogP contribution < -0.4 is 15.4 Å². The van der Waals surface area contributed by atoms with Gasteiger partial charge in [0.2, 0.25) is 5.95 Å². The number of ether oxygens (including phenoxy) is 2. The number of nitrogens with zero attached hydrogens (tertiary/aromatic N) is 3. The van der Waals surface area contributed by atoms with Gasteiger partial charge in [-0.1, -0.05) is 6.07 Å². The van der Waals surface area contributed by atoms with Crippen molar-refractivity contribution in [1.29, 1.82) is 0 Å². The first-order chi connectivity index (χ1) is 13.6. The average Bonchev–Trinajstić information content (AvgIpc) is 2.69. The summed E-state index contributed by atoms with van der Waals surface area (Å²) >= 11 is 0. The highest BCUT2D eigenvalue weighted by Crippen LogP contribution is 2.27. The molecule has 8 nitrogen and oxygen atoms in total.